The highest BCUT2D eigenvalue weighted by Gasteiger charge is 2.20. The Morgan fingerprint density at radius 3 is 3.29 bits per heavy atom. The van der Waals surface area contributed by atoms with Crippen LogP contribution in [0.4, 0.5) is 0 Å². The maximum atomic E-state index is 3.43. The molecule has 0 amide bonds. The van der Waals surface area contributed by atoms with Crippen LogP contribution in [0.2, 0.25) is 0 Å². The number of thiophene rings is 1. The molecule has 74 valence electrons. The van der Waals surface area contributed by atoms with Gasteiger partial charge in [-0.2, -0.15) is 0 Å². The first kappa shape index (κ1) is 8.50. The predicted octanol–water partition coefficient (Wildman–Crippen LogP) is 2.32. The van der Waals surface area contributed by atoms with Crippen molar-refractivity contribution in [2.24, 2.45) is 7.05 Å². The van der Waals surface area contributed by atoms with Crippen LogP contribution in [0, 0.1) is 0 Å². The Balaban J connectivity index is 2.14. The summed E-state index contributed by atoms with van der Waals surface area (Å²) in [5.74, 6) is 0.730. The minimum Gasteiger partial charge on any atom is -0.342 e. The van der Waals surface area contributed by atoms with E-state index in [0.717, 1.165) is 12.5 Å². The SMILES string of the molecule is Cn1cc(C2CCNC2)c2ccsc21. The molecule has 2 nitrogen and oxygen atoms in total. The van der Waals surface area contributed by atoms with Crippen molar-refractivity contribution in [3.63, 3.8) is 0 Å². The van der Waals surface area contributed by atoms with Crippen LogP contribution in [-0.2, 0) is 7.05 Å². The Labute approximate surface area is 87.5 Å². The standard InChI is InChI=1S/C11H14N2S/c1-13-7-10(8-2-4-12-6-8)9-3-5-14-11(9)13/h3,5,7-8,12H,2,4,6H2,1H3. The summed E-state index contributed by atoms with van der Waals surface area (Å²) in [4.78, 5) is 1.41. The summed E-state index contributed by atoms with van der Waals surface area (Å²) in [5.41, 5.74) is 1.54. The van der Waals surface area contributed by atoms with Gasteiger partial charge in [-0.05, 0) is 35.9 Å². The van der Waals surface area contributed by atoms with Gasteiger partial charge in [0.15, 0.2) is 0 Å². The molecule has 3 heteroatoms. The van der Waals surface area contributed by atoms with Crippen molar-refractivity contribution in [1.82, 2.24) is 9.88 Å². The molecule has 1 saturated heterocycles. The second-order valence-corrected chi connectivity index (χ2v) is 4.92. The van der Waals surface area contributed by atoms with Crippen LogP contribution in [0.3, 0.4) is 0 Å². The largest absolute Gasteiger partial charge is 0.342 e. The highest BCUT2D eigenvalue weighted by Crippen LogP contribution is 2.33. The van der Waals surface area contributed by atoms with Gasteiger partial charge in [0.25, 0.3) is 0 Å². The fourth-order valence-corrected chi connectivity index (χ4v) is 3.24. The van der Waals surface area contributed by atoms with E-state index in [1.165, 1.54) is 28.7 Å². The Morgan fingerprint density at radius 2 is 2.50 bits per heavy atom. The Bertz CT molecular complexity index is 449. The molecule has 0 aliphatic carbocycles. The molecule has 1 aliphatic rings. The van der Waals surface area contributed by atoms with Crippen LogP contribution in [0.5, 0.6) is 0 Å². The van der Waals surface area contributed by atoms with Crippen molar-refractivity contribution in [3.05, 3.63) is 23.2 Å². The lowest BCUT2D eigenvalue weighted by molar-refractivity contribution is 0.763. The Kier molecular flexibility index (Phi) is 1.89. The molecule has 2 aromatic heterocycles. The Hall–Kier alpha value is -0.800. The molecular formula is C11H14N2S. The monoisotopic (exact) mass is 206 g/mol. The van der Waals surface area contributed by atoms with Gasteiger partial charge < -0.3 is 9.88 Å². The molecule has 3 rings (SSSR count). The molecule has 0 spiro atoms. The van der Waals surface area contributed by atoms with E-state index in [2.05, 4.69) is 34.6 Å². The molecule has 1 atom stereocenters. The van der Waals surface area contributed by atoms with Crippen LogP contribution in [-0.4, -0.2) is 17.7 Å². The van der Waals surface area contributed by atoms with E-state index in [9.17, 15) is 0 Å². The number of hydrogen-bond donors (Lipinski definition) is 1. The van der Waals surface area contributed by atoms with Crippen LogP contribution < -0.4 is 5.32 Å². The van der Waals surface area contributed by atoms with Crippen LogP contribution in [0.15, 0.2) is 17.6 Å². The van der Waals surface area contributed by atoms with Crippen LogP contribution in [0.1, 0.15) is 17.9 Å². The predicted molar refractivity (Wildman–Crippen MR) is 61.0 cm³/mol. The van der Waals surface area contributed by atoms with Gasteiger partial charge in [-0.1, -0.05) is 0 Å². The minimum absolute atomic E-state index is 0.730. The van der Waals surface area contributed by atoms with E-state index >= 15 is 0 Å². The molecular weight excluding hydrogens is 192 g/mol. The number of nitrogens with one attached hydrogen (secondary N) is 1. The molecule has 1 fully saturated rings. The molecule has 0 bridgehead atoms. The summed E-state index contributed by atoms with van der Waals surface area (Å²) in [6, 6.07) is 2.26. The number of aryl methyl sites for hydroxylation is 1. The molecule has 1 aliphatic heterocycles. The van der Waals surface area contributed by atoms with Gasteiger partial charge in [-0.15, -0.1) is 11.3 Å². The molecule has 0 saturated carbocycles. The quantitative estimate of drug-likeness (QED) is 0.757. The highest BCUT2D eigenvalue weighted by atomic mass is 32.1. The van der Waals surface area contributed by atoms with Crippen molar-refractivity contribution in [2.45, 2.75) is 12.3 Å². The molecule has 0 aromatic carbocycles. The first-order valence-corrected chi connectivity index (χ1v) is 5.97. The first-order valence-electron chi connectivity index (χ1n) is 5.09. The van der Waals surface area contributed by atoms with Gasteiger partial charge in [0, 0.05) is 25.2 Å². The molecule has 2 aromatic rings. The van der Waals surface area contributed by atoms with Gasteiger partial charge in [0.1, 0.15) is 4.83 Å². The topological polar surface area (TPSA) is 17.0 Å². The number of nitrogens with zero attached hydrogens (tertiary/aromatic N) is 1. The Morgan fingerprint density at radius 1 is 1.57 bits per heavy atom. The third-order valence-corrected chi connectivity index (χ3v) is 4.11. The minimum atomic E-state index is 0.730. The zero-order valence-electron chi connectivity index (χ0n) is 8.29. The van der Waals surface area contributed by atoms with Crippen molar-refractivity contribution in [1.29, 1.82) is 0 Å². The van der Waals surface area contributed by atoms with Crippen molar-refractivity contribution < 1.29 is 0 Å². The van der Waals surface area contributed by atoms with E-state index in [0.29, 0.717) is 0 Å². The van der Waals surface area contributed by atoms with E-state index in [-0.39, 0.29) is 0 Å². The summed E-state index contributed by atoms with van der Waals surface area (Å²) < 4.78 is 2.26. The van der Waals surface area contributed by atoms with Crippen molar-refractivity contribution in [3.8, 4) is 0 Å². The maximum Gasteiger partial charge on any atom is 0.102 e. The summed E-state index contributed by atoms with van der Waals surface area (Å²) in [7, 11) is 2.14. The van der Waals surface area contributed by atoms with E-state index in [1.54, 1.807) is 0 Å². The smallest absolute Gasteiger partial charge is 0.102 e. The fourth-order valence-electron chi connectivity index (χ4n) is 2.38. The lowest BCUT2D eigenvalue weighted by Gasteiger charge is -2.04. The number of hydrogen-bond acceptors (Lipinski definition) is 2. The second kappa shape index (κ2) is 3.11. The molecule has 14 heavy (non-hydrogen) atoms. The summed E-state index contributed by atoms with van der Waals surface area (Å²) in [5, 5.41) is 7.09. The lowest BCUT2D eigenvalue weighted by atomic mass is 9.99. The molecule has 1 unspecified atom stereocenters. The van der Waals surface area contributed by atoms with Crippen molar-refractivity contribution in [2.75, 3.05) is 13.1 Å². The first-order chi connectivity index (χ1) is 6.86. The van der Waals surface area contributed by atoms with Crippen LogP contribution >= 0.6 is 11.3 Å². The van der Waals surface area contributed by atoms with Gasteiger partial charge in [-0.3, -0.25) is 0 Å². The number of aromatic nitrogens is 1. The van der Waals surface area contributed by atoms with Gasteiger partial charge in [-0.25, -0.2) is 0 Å². The second-order valence-electron chi connectivity index (χ2n) is 4.02. The van der Waals surface area contributed by atoms with Gasteiger partial charge in [0.05, 0.1) is 0 Å². The van der Waals surface area contributed by atoms with Gasteiger partial charge >= 0.3 is 0 Å². The average molecular weight is 206 g/mol. The van der Waals surface area contributed by atoms with Gasteiger partial charge in [0.2, 0.25) is 0 Å². The molecule has 1 N–H and O–H groups in total. The van der Waals surface area contributed by atoms with Crippen LogP contribution in [0.25, 0.3) is 10.2 Å². The van der Waals surface area contributed by atoms with Crippen molar-refractivity contribution >= 4 is 21.6 Å². The lowest BCUT2D eigenvalue weighted by Crippen LogP contribution is -2.07. The number of fused-ring (bicyclic) bond motifs is 1. The van der Waals surface area contributed by atoms with E-state index in [1.807, 2.05) is 11.3 Å². The highest BCUT2D eigenvalue weighted by molar-refractivity contribution is 7.16. The third kappa shape index (κ3) is 1.12. The van der Waals surface area contributed by atoms with E-state index in [4.69, 9.17) is 0 Å². The van der Waals surface area contributed by atoms with E-state index < -0.39 is 0 Å². The zero-order valence-corrected chi connectivity index (χ0v) is 9.10. The fraction of sp³-hybridized carbons (Fsp3) is 0.455. The molecule has 0 radical (unpaired) electrons. The normalized spacial score (nSPS) is 22.2. The summed E-state index contributed by atoms with van der Waals surface area (Å²) in [6.45, 7) is 2.32. The summed E-state index contributed by atoms with van der Waals surface area (Å²) >= 11 is 1.84. The third-order valence-electron chi connectivity index (χ3n) is 3.11. The maximum absolute atomic E-state index is 3.43. The molecule has 3 heterocycles. The number of rotatable bonds is 1. The summed E-state index contributed by atoms with van der Waals surface area (Å²) in [6.07, 6.45) is 3.59. The zero-order chi connectivity index (χ0) is 9.54. The average Bonchev–Trinajstić information content (AvgIpc) is 2.84.